The van der Waals surface area contributed by atoms with Gasteiger partial charge >= 0.3 is 17.9 Å². The van der Waals surface area contributed by atoms with Crippen LogP contribution in [0.1, 0.15) is 42.4 Å². The summed E-state index contributed by atoms with van der Waals surface area (Å²) in [5, 5.41) is 3.03. The number of amides is 4. The molecule has 12 heteroatoms. The number of hydrogen-bond donors (Lipinski definition) is 2. The van der Waals surface area contributed by atoms with Crippen molar-refractivity contribution in [1.29, 1.82) is 0 Å². The average Bonchev–Trinajstić information content (AvgIpc) is 3.33. The summed E-state index contributed by atoms with van der Waals surface area (Å²) in [5.74, 6) is -0.761. The Morgan fingerprint density at radius 3 is 2.44 bits per heavy atom. The number of nitrogens with one attached hydrogen (secondary N) is 2. The van der Waals surface area contributed by atoms with Crippen LogP contribution < -0.4 is 11.1 Å². The number of fused-ring (bicyclic) bond motifs is 2. The second-order valence-corrected chi connectivity index (χ2v) is 12.6. The Bertz CT molecular complexity index is 1620. The lowest BCUT2D eigenvalue weighted by Crippen LogP contribution is -2.52. The number of nitrogens with zero attached hydrogens (tertiary/aromatic N) is 4. The maximum absolute atomic E-state index is 13.9. The molecule has 0 bridgehead atoms. The molecule has 240 valence electrons. The maximum atomic E-state index is 13.9. The van der Waals surface area contributed by atoms with Gasteiger partial charge in [0.15, 0.2) is 11.7 Å². The summed E-state index contributed by atoms with van der Waals surface area (Å²) in [6, 6.07) is 11.8. The molecule has 4 amide bonds. The number of ether oxygens (including phenoxy) is 1. The highest BCUT2D eigenvalue weighted by Crippen LogP contribution is 2.26. The number of benzene rings is 2. The molecule has 3 aromatic rings. The summed E-state index contributed by atoms with van der Waals surface area (Å²) < 4.78 is 11.3. The van der Waals surface area contributed by atoms with Crippen molar-refractivity contribution < 1.29 is 23.5 Å². The number of oxazole rings is 1. The van der Waals surface area contributed by atoms with Gasteiger partial charge in [-0.3, -0.25) is 9.78 Å². The Hall–Kier alpha value is -4.32. The second-order valence-electron chi connectivity index (χ2n) is 12.6. The molecule has 3 aliphatic rings. The van der Waals surface area contributed by atoms with E-state index in [1.807, 2.05) is 56.3 Å². The minimum absolute atomic E-state index is 0.00416. The quantitative estimate of drug-likeness (QED) is 0.432. The number of carbonyl (C=O) groups excluding carboxylic acids is 3. The van der Waals surface area contributed by atoms with Crippen molar-refractivity contribution in [2.75, 3.05) is 52.1 Å². The molecule has 2 aromatic carbocycles. The summed E-state index contributed by atoms with van der Waals surface area (Å²) >= 11 is 0. The van der Waals surface area contributed by atoms with Gasteiger partial charge in [0.1, 0.15) is 0 Å². The molecular weight excluding hydrogens is 576 g/mol. The number of hydrogen-bond acceptors (Lipinski definition) is 7. The molecule has 0 saturated carbocycles. The molecule has 2 saturated heterocycles. The molecule has 1 aromatic heterocycles. The average molecular weight is 619 g/mol. The van der Waals surface area contributed by atoms with Crippen molar-refractivity contribution in [3.8, 4) is 0 Å². The highest BCUT2D eigenvalue weighted by molar-refractivity contribution is 5.91. The number of rotatable bonds is 6. The Morgan fingerprint density at radius 2 is 1.71 bits per heavy atom. The lowest BCUT2D eigenvalue weighted by molar-refractivity contribution is -0.142. The van der Waals surface area contributed by atoms with Gasteiger partial charge in [-0.15, -0.1) is 0 Å². The molecule has 2 fully saturated rings. The summed E-state index contributed by atoms with van der Waals surface area (Å²) in [4.78, 5) is 62.4. The highest BCUT2D eigenvalue weighted by atomic mass is 16.6. The van der Waals surface area contributed by atoms with E-state index in [9.17, 15) is 19.2 Å². The Labute approximate surface area is 262 Å². The fraction of sp³-hybridized carbons (Fsp3) is 0.515. The van der Waals surface area contributed by atoms with Crippen molar-refractivity contribution >= 4 is 34.8 Å². The fourth-order valence-corrected chi connectivity index (χ4v) is 6.91. The predicted molar refractivity (Wildman–Crippen MR) is 169 cm³/mol. The summed E-state index contributed by atoms with van der Waals surface area (Å²) in [5.41, 5.74) is 4.52. The van der Waals surface area contributed by atoms with Crippen LogP contribution in [-0.4, -0.2) is 108 Å². The van der Waals surface area contributed by atoms with Crippen molar-refractivity contribution in [2.45, 2.75) is 63.6 Å². The SMILES string of the molecule is Cc1cc(CC(OC(=O)N2CCC(N3CCc4ccccc4NC3=O)CC2)C(=O)N2CCC(N(C)C)CC2)cc2oc(=O)[nH]c12. The van der Waals surface area contributed by atoms with E-state index >= 15 is 0 Å². The zero-order chi connectivity index (χ0) is 31.7. The van der Waals surface area contributed by atoms with E-state index in [2.05, 4.69) is 15.2 Å². The van der Waals surface area contributed by atoms with Crippen LogP contribution in [0, 0.1) is 6.92 Å². The van der Waals surface area contributed by atoms with Crippen LogP contribution >= 0.6 is 0 Å². The molecule has 2 N–H and O–H groups in total. The Balaban J connectivity index is 1.12. The second kappa shape index (κ2) is 13.0. The van der Waals surface area contributed by atoms with E-state index < -0.39 is 18.0 Å². The number of para-hydroxylation sites is 1. The number of piperidine rings is 2. The molecular formula is C33H42N6O6. The van der Waals surface area contributed by atoms with Gasteiger partial charge < -0.3 is 34.1 Å². The molecule has 45 heavy (non-hydrogen) atoms. The lowest BCUT2D eigenvalue weighted by atomic mass is 10.0. The fourth-order valence-electron chi connectivity index (χ4n) is 6.91. The van der Waals surface area contributed by atoms with Gasteiger partial charge in [0.05, 0.1) is 5.52 Å². The summed E-state index contributed by atoms with van der Waals surface area (Å²) in [7, 11) is 4.10. The van der Waals surface area contributed by atoms with Gasteiger partial charge in [-0.1, -0.05) is 24.3 Å². The third kappa shape index (κ3) is 6.70. The normalized spacial score (nSPS) is 18.9. The van der Waals surface area contributed by atoms with E-state index in [4.69, 9.17) is 9.15 Å². The van der Waals surface area contributed by atoms with Gasteiger partial charge in [0.25, 0.3) is 5.91 Å². The third-order valence-corrected chi connectivity index (χ3v) is 9.54. The van der Waals surface area contributed by atoms with Crippen LogP contribution in [0.15, 0.2) is 45.6 Å². The number of aromatic amines is 1. The largest absolute Gasteiger partial charge is 0.436 e. The molecule has 0 aliphatic carbocycles. The number of urea groups is 1. The minimum Gasteiger partial charge on any atom is -0.436 e. The first-order chi connectivity index (χ1) is 21.7. The van der Waals surface area contributed by atoms with Crippen molar-refractivity contribution in [3.05, 3.63) is 63.6 Å². The van der Waals surface area contributed by atoms with Crippen LogP contribution in [-0.2, 0) is 22.4 Å². The molecule has 4 heterocycles. The van der Waals surface area contributed by atoms with Gasteiger partial charge in [0.2, 0.25) is 0 Å². The number of likely N-dealkylation sites (tertiary alicyclic amines) is 2. The Kier molecular flexibility index (Phi) is 8.84. The summed E-state index contributed by atoms with van der Waals surface area (Å²) in [6.07, 6.45) is 2.32. The number of H-pyrrole nitrogens is 1. The zero-order valence-electron chi connectivity index (χ0n) is 26.2. The predicted octanol–water partition coefficient (Wildman–Crippen LogP) is 3.58. The molecule has 12 nitrogen and oxygen atoms in total. The molecule has 1 unspecified atom stereocenters. The number of anilines is 1. The zero-order valence-corrected chi connectivity index (χ0v) is 26.2. The highest BCUT2D eigenvalue weighted by Gasteiger charge is 2.36. The van der Waals surface area contributed by atoms with Crippen LogP contribution in [0.3, 0.4) is 0 Å². The molecule has 0 spiro atoms. The van der Waals surface area contributed by atoms with Gasteiger partial charge in [-0.25, -0.2) is 14.4 Å². The standard InChI is InChI=1S/C33H42N6O6/c1-21-18-22(19-27-29(21)35-32(42)44-27)20-28(30(40)37-13-9-24(10-14-37)36(2)3)45-33(43)38-15-11-25(12-16-38)39-17-8-23-6-4-5-7-26(23)34-31(39)41/h4-7,18-19,24-25,28H,8-17,20H2,1-3H3,(H,34,41)(H,35,42). The van der Waals surface area contributed by atoms with Gasteiger partial charge in [-0.05, 0) is 81.9 Å². The smallest absolute Gasteiger partial charge is 0.417 e. The van der Waals surface area contributed by atoms with Crippen molar-refractivity contribution in [1.82, 2.24) is 24.6 Å². The van der Waals surface area contributed by atoms with Crippen molar-refractivity contribution in [2.24, 2.45) is 0 Å². The first-order valence-electron chi connectivity index (χ1n) is 15.8. The number of carbonyl (C=O) groups is 3. The van der Waals surface area contributed by atoms with Crippen LogP contribution in [0.5, 0.6) is 0 Å². The van der Waals surface area contributed by atoms with E-state index in [0.717, 1.165) is 41.6 Å². The number of aromatic nitrogens is 1. The van der Waals surface area contributed by atoms with E-state index in [0.29, 0.717) is 62.7 Å². The minimum atomic E-state index is -1.02. The van der Waals surface area contributed by atoms with E-state index in [1.165, 1.54) is 0 Å². The molecule has 1 atom stereocenters. The maximum Gasteiger partial charge on any atom is 0.417 e. The molecule has 6 rings (SSSR count). The number of aryl methyl sites for hydroxylation is 1. The van der Waals surface area contributed by atoms with Crippen LogP contribution in [0.2, 0.25) is 0 Å². The van der Waals surface area contributed by atoms with E-state index in [-0.39, 0.29) is 24.4 Å². The van der Waals surface area contributed by atoms with Gasteiger partial charge in [0, 0.05) is 56.9 Å². The summed E-state index contributed by atoms with van der Waals surface area (Å²) in [6.45, 7) is 4.51. The van der Waals surface area contributed by atoms with Gasteiger partial charge in [-0.2, -0.15) is 0 Å². The molecule has 3 aliphatic heterocycles. The van der Waals surface area contributed by atoms with E-state index in [1.54, 1.807) is 15.9 Å². The Morgan fingerprint density at radius 1 is 1.00 bits per heavy atom. The van der Waals surface area contributed by atoms with Crippen molar-refractivity contribution in [3.63, 3.8) is 0 Å². The lowest BCUT2D eigenvalue weighted by Gasteiger charge is -2.38. The van der Waals surface area contributed by atoms with Crippen LogP contribution in [0.4, 0.5) is 15.3 Å². The molecule has 0 radical (unpaired) electrons. The monoisotopic (exact) mass is 618 g/mol. The van der Waals surface area contributed by atoms with Crippen LogP contribution in [0.25, 0.3) is 11.1 Å². The first-order valence-corrected chi connectivity index (χ1v) is 15.8. The first kappa shape index (κ1) is 30.7. The topological polar surface area (TPSA) is 131 Å². The third-order valence-electron chi connectivity index (χ3n) is 9.54.